The van der Waals surface area contributed by atoms with Crippen LogP contribution in [0.15, 0.2) is 36.4 Å². The van der Waals surface area contributed by atoms with Gasteiger partial charge in [-0.1, -0.05) is 6.07 Å². The van der Waals surface area contributed by atoms with Crippen LogP contribution in [0, 0.1) is 15.9 Å². The second-order valence-electron chi connectivity index (χ2n) is 5.16. The molecule has 1 amide bonds. The minimum absolute atomic E-state index is 0.0810. The van der Waals surface area contributed by atoms with E-state index in [1.54, 1.807) is 18.2 Å². The molecule has 7 nitrogen and oxygen atoms in total. The number of aryl methyl sites for hydroxylation is 1. The molecule has 132 valence electrons. The Balaban J connectivity index is 2.02. The van der Waals surface area contributed by atoms with Crippen LogP contribution in [0.2, 0.25) is 0 Å². The van der Waals surface area contributed by atoms with E-state index in [-0.39, 0.29) is 17.8 Å². The number of nitro groups is 1. The van der Waals surface area contributed by atoms with Gasteiger partial charge in [-0.25, -0.2) is 4.39 Å². The van der Waals surface area contributed by atoms with E-state index in [0.29, 0.717) is 17.9 Å². The summed E-state index contributed by atoms with van der Waals surface area (Å²) >= 11 is 0. The van der Waals surface area contributed by atoms with E-state index >= 15 is 0 Å². The summed E-state index contributed by atoms with van der Waals surface area (Å²) in [6.07, 6.45) is 0.473. The van der Waals surface area contributed by atoms with Crippen LogP contribution in [0.4, 0.5) is 15.8 Å². The van der Waals surface area contributed by atoms with E-state index < -0.39 is 16.6 Å². The van der Waals surface area contributed by atoms with Crippen LogP contribution in [0.5, 0.6) is 11.5 Å². The number of nitrogens with zero attached hydrogens (tertiary/aromatic N) is 1. The lowest BCUT2D eigenvalue weighted by Gasteiger charge is -2.10. The molecule has 2 aromatic carbocycles. The predicted molar refractivity (Wildman–Crippen MR) is 89.6 cm³/mol. The number of hydrogen-bond acceptors (Lipinski definition) is 5. The highest BCUT2D eigenvalue weighted by atomic mass is 19.1. The second kappa shape index (κ2) is 8.09. The minimum atomic E-state index is -0.731. The predicted octanol–water partition coefficient (Wildman–Crippen LogP) is 3.32. The van der Waals surface area contributed by atoms with E-state index in [1.807, 2.05) is 0 Å². The molecule has 0 saturated carbocycles. The number of non-ortho nitro benzene ring substituents is 1. The maximum atomic E-state index is 13.7. The number of carbonyl (C=O) groups is 1. The Labute approximate surface area is 143 Å². The Kier molecular flexibility index (Phi) is 5.89. The fourth-order valence-electron chi connectivity index (χ4n) is 2.23. The molecule has 0 radical (unpaired) electrons. The lowest BCUT2D eigenvalue weighted by molar-refractivity contribution is -0.384. The van der Waals surface area contributed by atoms with Crippen molar-refractivity contribution in [2.75, 3.05) is 19.5 Å². The lowest BCUT2D eigenvalue weighted by atomic mass is 10.1. The zero-order valence-electron chi connectivity index (χ0n) is 13.7. The molecule has 0 aliphatic heterocycles. The molecule has 0 bridgehead atoms. The quantitative estimate of drug-likeness (QED) is 0.612. The molecule has 8 heteroatoms. The van der Waals surface area contributed by atoms with Gasteiger partial charge in [0, 0.05) is 18.6 Å². The van der Waals surface area contributed by atoms with Crippen molar-refractivity contribution in [1.29, 1.82) is 0 Å². The summed E-state index contributed by atoms with van der Waals surface area (Å²) in [5.41, 5.74) is 0.329. The van der Waals surface area contributed by atoms with Gasteiger partial charge in [0.05, 0.1) is 24.8 Å². The Hall–Kier alpha value is -3.16. The molecule has 2 aromatic rings. The number of carbonyl (C=O) groups excluding carboxylic acids is 1. The van der Waals surface area contributed by atoms with E-state index in [2.05, 4.69) is 5.32 Å². The number of amides is 1. The fraction of sp³-hybridized carbons (Fsp3) is 0.235. The average Bonchev–Trinajstić information content (AvgIpc) is 2.61. The Morgan fingerprint density at radius 2 is 1.88 bits per heavy atom. The van der Waals surface area contributed by atoms with E-state index in [4.69, 9.17) is 9.47 Å². The molecule has 0 atom stereocenters. The lowest BCUT2D eigenvalue weighted by Crippen LogP contribution is -2.13. The normalized spacial score (nSPS) is 10.2. The van der Waals surface area contributed by atoms with Gasteiger partial charge in [-0.2, -0.15) is 0 Å². The highest BCUT2D eigenvalue weighted by Gasteiger charge is 2.13. The smallest absolute Gasteiger partial charge is 0.271 e. The third-order valence-corrected chi connectivity index (χ3v) is 3.52. The molecule has 25 heavy (non-hydrogen) atoms. The molecule has 1 N–H and O–H groups in total. The number of benzene rings is 2. The van der Waals surface area contributed by atoms with Crippen LogP contribution in [0.3, 0.4) is 0 Å². The fourth-order valence-corrected chi connectivity index (χ4v) is 2.23. The molecule has 0 aromatic heterocycles. The van der Waals surface area contributed by atoms with Gasteiger partial charge >= 0.3 is 0 Å². The molecular formula is C17H17FN2O5. The van der Waals surface area contributed by atoms with Gasteiger partial charge in [-0.15, -0.1) is 0 Å². The van der Waals surface area contributed by atoms with Crippen molar-refractivity contribution in [3.8, 4) is 11.5 Å². The van der Waals surface area contributed by atoms with Crippen molar-refractivity contribution in [3.63, 3.8) is 0 Å². The largest absolute Gasteiger partial charge is 0.493 e. The Morgan fingerprint density at radius 1 is 1.16 bits per heavy atom. The van der Waals surface area contributed by atoms with E-state index in [0.717, 1.165) is 23.8 Å². The first-order valence-electron chi connectivity index (χ1n) is 7.39. The van der Waals surface area contributed by atoms with Crippen molar-refractivity contribution >= 4 is 17.3 Å². The van der Waals surface area contributed by atoms with Crippen LogP contribution in [0.25, 0.3) is 0 Å². The number of rotatable bonds is 7. The number of nitro benzene ring substituents is 1. The highest BCUT2D eigenvalue weighted by Crippen LogP contribution is 2.28. The topological polar surface area (TPSA) is 90.7 Å². The van der Waals surface area contributed by atoms with Crippen molar-refractivity contribution in [2.24, 2.45) is 0 Å². The number of halogens is 1. The monoisotopic (exact) mass is 348 g/mol. The first-order valence-corrected chi connectivity index (χ1v) is 7.39. The van der Waals surface area contributed by atoms with Gasteiger partial charge in [0.1, 0.15) is 5.82 Å². The van der Waals surface area contributed by atoms with Gasteiger partial charge in [0.25, 0.3) is 5.69 Å². The third kappa shape index (κ3) is 4.66. The molecule has 0 saturated heterocycles. The highest BCUT2D eigenvalue weighted by molar-refractivity contribution is 5.91. The summed E-state index contributed by atoms with van der Waals surface area (Å²) in [6.45, 7) is 0. The van der Waals surface area contributed by atoms with E-state index in [9.17, 15) is 19.3 Å². The Morgan fingerprint density at radius 3 is 2.52 bits per heavy atom. The first kappa shape index (κ1) is 18.2. The van der Waals surface area contributed by atoms with Gasteiger partial charge in [0.2, 0.25) is 5.91 Å². The molecule has 0 aliphatic carbocycles. The standard InChI is InChI=1S/C17H17FN2O5/c1-24-15-7-3-11(9-16(15)25-2)4-8-17(21)19-14-10-12(20(22)23)5-6-13(14)18/h3,5-7,9-10H,4,8H2,1-2H3,(H,19,21). The van der Waals surface area contributed by atoms with Crippen molar-refractivity contribution < 1.29 is 23.6 Å². The van der Waals surface area contributed by atoms with Crippen LogP contribution in [-0.2, 0) is 11.2 Å². The third-order valence-electron chi connectivity index (χ3n) is 3.52. The van der Waals surface area contributed by atoms with Crippen LogP contribution in [0.1, 0.15) is 12.0 Å². The van der Waals surface area contributed by atoms with Gasteiger partial charge in [0.15, 0.2) is 11.5 Å². The molecule has 0 aliphatic rings. The average molecular weight is 348 g/mol. The molecule has 0 fully saturated rings. The summed E-state index contributed by atoms with van der Waals surface area (Å²) in [5.74, 6) is -0.0567. The number of hydrogen-bond donors (Lipinski definition) is 1. The first-order chi connectivity index (χ1) is 11.9. The number of nitrogens with one attached hydrogen (secondary N) is 1. The summed E-state index contributed by atoms with van der Waals surface area (Å²) in [5, 5.41) is 13.1. The zero-order valence-corrected chi connectivity index (χ0v) is 13.7. The minimum Gasteiger partial charge on any atom is -0.493 e. The zero-order chi connectivity index (χ0) is 18.4. The molecule has 0 spiro atoms. The maximum Gasteiger partial charge on any atom is 0.271 e. The SMILES string of the molecule is COc1ccc(CCC(=O)Nc2cc([N+](=O)[O-])ccc2F)cc1OC. The van der Waals surface area contributed by atoms with Gasteiger partial charge in [-0.3, -0.25) is 14.9 Å². The number of anilines is 1. The van der Waals surface area contributed by atoms with Crippen LogP contribution in [-0.4, -0.2) is 25.1 Å². The van der Waals surface area contributed by atoms with Gasteiger partial charge in [-0.05, 0) is 30.2 Å². The Bertz CT molecular complexity index is 795. The van der Waals surface area contributed by atoms with Crippen molar-refractivity contribution in [3.05, 3.63) is 57.9 Å². The summed E-state index contributed by atoms with van der Waals surface area (Å²) in [6, 6.07) is 8.25. The molecule has 0 unspecified atom stereocenters. The summed E-state index contributed by atoms with van der Waals surface area (Å²) in [7, 11) is 3.04. The molecular weight excluding hydrogens is 331 g/mol. The maximum absolute atomic E-state index is 13.7. The second-order valence-corrected chi connectivity index (χ2v) is 5.16. The van der Waals surface area contributed by atoms with E-state index in [1.165, 1.54) is 14.2 Å². The molecule has 2 rings (SSSR count). The number of ether oxygens (including phenoxy) is 2. The summed E-state index contributed by atoms with van der Waals surface area (Å²) < 4.78 is 24.0. The van der Waals surface area contributed by atoms with Gasteiger partial charge < -0.3 is 14.8 Å². The molecule has 0 heterocycles. The summed E-state index contributed by atoms with van der Waals surface area (Å²) in [4.78, 5) is 22.1. The van der Waals surface area contributed by atoms with Crippen LogP contribution >= 0.6 is 0 Å². The van der Waals surface area contributed by atoms with Crippen LogP contribution < -0.4 is 14.8 Å². The number of methoxy groups -OCH3 is 2. The van der Waals surface area contributed by atoms with Crippen molar-refractivity contribution in [1.82, 2.24) is 0 Å². The van der Waals surface area contributed by atoms with Crippen molar-refractivity contribution in [2.45, 2.75) is 12.8 Å².